The van der Waals surface area contributed by atoms with Crippen molar-refractivity contribution in [3.8, 4) is 0 Å². The van der Waals surface area contributed by atoms with E-state index in [1.165, 1.54) is 0 Å². The van der Waals surface area contributed by atoms with Gasteiger partial charge in [0.2, 0.25) is 0 Å². The second-order valence-corrected chi connectivity index (χ2v) is 4.25. The number of carbonyl (C=O) groups excluding carboxylic acids is 1. The van der Waals surface area contributed by atoms with Crippen LogP contribution in [0.3, 0.4) is 0 Å². The average molecular weight is 180 g/mol. The van der Waals surface area contributed by atoms with Crippen molar-refractivity contribution in [2.45, 2.75) is 32.2 Å². The van der Waals surface area contributed by atoms with Gasteiger partial charge in [-0.1, -0.05) is 6.92 Å². The van der Waals surface area contributed by atoms with Crippen LogP contribution in [0.15, 0.2) is 11.4 Å². The Balaban J connectivity index is 2.46. The number of hydrogen-bond donors (Lipinski definition) is 1. The van der Waals surface area contributed by atoms with Crippen molar-refractivity contribution in [1.82, 2.24) is 4.90 Å². The Bertz CT molecular complexity index is 302. The number of nitrogens with two attached hydrogens (primary N) is 1. The molecule has 1 saturated carbocycles. The van der Waals surface area contributed by atoms with Gasteiger partial charge in [-0.15, -0.1) is 0 Å². The highest BCUT2D eigenvalue weighted by molar-refractivity contribution is 5.98. The van der Waals surface area contributed by atoms with Crippen LogP contribution in [-0.2, 0) is 4.79 Å². The van der Waals surface area contributed by atoms with E-state index in [1.807, 2.05) is 20.9 Å². The lowest BCUT2D eigenvalue weighted by molar-refractivity contribution is -0.122. The van der Waals surface area contributed by atoms with Gasteiger partial charge in [0.15, 0.2) is 5.78 Å². The van der Waals surface area contributed by atoms with Crippen LogP contribution < -0.4 is 5.73 Å². The summed E-state index contributed by atoms with van der Waals surface area (Å²) in [6.45, 7) is 3.92. The molecular weight excluding hydrogens is 164 g/mol. The first kappa shape index (κ1) is 8.60. The molecule has 1 aliphatic heterocycles. The van der Waals surface area contributed by atoms with E-state index in [0.29, 0.717) is 5.70 Å². The summed E-state index contributed by atoms with van der Waals surface area (Å²) in [5.74, 6) is 0.203. The maximum Gasteiger partial charge on any atom is 0.185 e. The van der Waals surface area contributed by atoms with E-state index in [1.54, 1.807) is 0 Å². The second-order valence-electron chi connectivity index (χ2n) is 4.25. The minimum Gasteiger partial charge on any atom is -0.394 e. The molecule has 2 rings (SSSR count). The van der Waals surface area contributed by atoms with Gasteiger partial charge in [0.05, 0.1) is 5.70 Å². The Morgan fingerprint density at radius 3 is 2.54 bits per heavy atom. The zero-order valence-electron chi connectivity index (χ0n) is 8.42. The summed E-state index contributed by atoms with van der Waals surface area (Å²) in [4.78, 5) is 13.9. The van der Waals surface area contributed by atoms with Gasteiger partial charge in [-0.3, -0.25) is 4.79 Å². The maximum atomic E-state index is 11.7. The number of allylic oxidation sites excluding steroid dienone is 2. The third-order valence-corrected chi connectivity index (χ3v) is 3.79. The Labute approximate surface area is 78.6 Å². The molecule has 0 aromatic heterocycles. The lowest BCUT2D eigenvalue weighted by atomic mass is 9.87. The molecule has 1 spiro atoms. The smallest absolute Gasteiger partial charge is 0.185 e. The van der Waals surface area contributed by atoms with Gasteiger partial charge in [-0.05, 0) is 19.8 Å². The number of nitrogens with zero attached hydrogens (tertiary/aromatic N) is 1. The summed E-state index contributed by atoms with van der Waals surface area (Å²) < 4.78 is 0. The Morgan fingerprint density at radius 1 is 1.54 bits per heavy atom. The minimum absolute atomic E-state index is 0.0706. The minimum atomic E-state index is 0.0706. The fourth-order valence-electron chi connectivity index (χ4n) is 2.36. The van der Waals surface area contributed by atoms with E-state index >= 15 is 0 Å². The summed E-state index contributed by atoms with van der Waals surface area (Å²) in [5.41, 5.74) is 7.25. The summed E-state index contributed by atoms with van der Waals surface area (Å²) in [6.07, 6.45) is 2.25. The van der Waals surface area contributed by atoms with Crippen molar-refractivity contribution in [2.75, 3.05) is 7.05 Å². The van der Waals surface area contributed by atoms with Crippen molar-refractivity contribution < 1.29 is 4.79 Å². The first-order valence-electron chi connectivity index (χ1n) is 4.75. The van der Waals surface area contributed by atoms with Crippen molar-refractivity contribution in [3.05, 3.63) is 11.4 Å². The summed E-state index contributed by atoms with van der Waals surface area (Å²) in [5, 5.41) is 0. The summed E-state index contributed by atoms with van der Waals surface area (Å²) in [7, 11) is 2.04. The fourth-order valence-corrected chi connectivity index (χ4v) is 2.36. The molecule has 0 aromatic carbocycles. The van der Waals surface area contributed by atoms with Crippen LogP contribution in [0.4, 0.5) is 0 Å². The van der Waals surface area contributed by atoms with Gasteiger partial charge in [0.1, 0.15) is 0 Å². The molecule has 1 fully saturated rings. The number of hydrogen-bond acceptors (Lipinski definition) is 3. The van der Waals surface area contributed by atoms with Crippen molar-refractivity contribution in [2.24, 2.45) is 11.7 Å². The highest BCUT2D eigenvalue weighted by Crippen LogP contribution is 2.51. The van der Waals surface area contributed by atoms with Gasteiger partial charge in [0.25, 0.3) is 0 Å². The van der Waals surface area contributed by atoms with Gasteiger partial charge >= 0.3 is 0 Å². The predicted octanol–water partition coefficient (Wildman–Crippen LogP) is 0.860. The van der Waals surface area contributed by atoms with E-state index in [2.05, 4.69) is 4.90 Å². The molecule has 1 aliphatic carbocycles. The molecule has 2 N–H and O–H groups in total. The van der Waals surface area contributed by atoms with E-state index in [4.69, 9.17) is 5.73 Å². The summed E-state index contributed by atoms with van der Waals surface area (Å²) in [6, 6.07) is 0. The largest absolute Gasteiger partial charge is 0.394 e. The Kier molecular flexibility index (Phi) is 1.51. The van der Waals surface area contributed by atoms with E-state index in [0.717, 1.165) is 18.5 Å². The van der Waals surface area contributed by atoms with Crippen LogP contribution in [0.1, 0.15) is 26.7 Å². The fraction of sp³-hybridized carbons (Fsp3) is 0.700. The molecule has 2 aliphatic rings. The van der Waals surface area contributed by atoms with E-state index < -0.39 is 0 Å². The standard InChI is InChI=1S/C10H16N2O/c1-6-9(13)8(11)7(2)12(3)10(6)4-5-10/h6H,4-5,11H2,1-3H3. The van der Waals surface area contributed by atoms with Gasteiger partial charge < -0.3 is 10.6 Å². The quantitative estimate of drug-likeness (QED) is 0.601. The number of rotatable bonds is 0. The lowest BCUT2D eigenvalue weighted by Gasteiger charge is -2.39. The van der Waals surface area contributed by atoms with Gasteiger partial charge in [0, 0.05) is 24.2 Å². The highest BCUT2D eigenvalue weighted by Gasteiger charge is 2.56. The van der Waals surface area contributed by atoms with Crippen LogP contribution in [0.2, 0.25) is 0 Å². The zero-order valence-corrected chi connectivity index (χ0v) is 8.42. The first-order chi connectivity index (χ1) is 6.00. The molecule has 0 aromatic rings. The predicted molar refractivity (Wildman–Crippen MR) is 50.8 cm³/mol. The maximum absolute atomic E-state index is 11.7. The molecule has 0 radical (unpaired) electrons. The molecule has 13 heavy (non-hydrogen) atoms. The van der Waals surface area contributed by atoms with Gasteiger partial charge in [-0.25, -0.2) is 0 Å². The monoisotopic (exact) mass is 180 g/mol. The Morgan fingerprint density at radius 2 is 2.08 bits per heavy atom. The van der Waals surface area contributed by atoms with Crippen molar-refractivity contribution >= 4 is 5.78 Å². The van der Waals surface area contributed by atoms with Crippen LogP contribution >= 0.6 is 0 Å². The lowest BCUT2D eigenvalue weighted by Crippen LogP contribution is -2.48. The molecule has 3 heteroatoms. The molecule has 72 valence electrons. The molecule has 1 atom stereocenters. The third-order valence-electron chi connectivity index (χ3n) is 3.79. The van der Waals surface area contributed by atoms with Crippen LogP contribution in [0.25, 0.3) is 0 Å². The normalized spacial score (nSPS) is 31.5. The first-order valence-corrected chi connectivity index (χ1v) is 4.75. The molecule has 1 unspecified atom stereocenters. The molecule has 0 saturated heterocycles. The molecular formula is C10H16N2O. The zero-order chi connectivity index (χ0) is 9.80. The van der Waals surface area contributed by atoms with Gasteiger partial charge in [-0.2, -0.15) is 0 Å². The van der Waals surface area contributed by atoms with Crippen LogP contribution in [-0.4, -0.2) is 23.3 Å². The van der Waals surface area contributed by atoms with Crippen molar-refractivity contribution in [3.63, 3.8) is 0 Å². The highest BCUT2D eigenvalue weighted by atomic mass is 16.1. The summed E-state index contributed by atoms with van der Waals surface area (Å²) >= 11 is 0. The number of Topliss-reactive ketones (excluding diaryl/α,β-unsaturated/α-hetero) is 1. The van der Waals surface area contributed by atoms with E-state index in [9.17, 15) is 4.79 Å². The third kappa shape index (κ3) is 0.872. The molecule has 0 amide bonds. The number of carbonyl (C=O) groups is 1. The average Bonchev–Trinajstić information content (AvgIpc) is 2.91. The molecule has 1 heterocycles. The SMILES string of the molecule is CC1=C(N)C(=O)C(C)C2(CC2)N1C. The molecule has 3 nitrogen and oxygen atoms in total. The second kappa shape index (κ2) is 2.28. The number of ketones is 1. The molecule has 0 bridgehead atoms. The van der Waals surface area contributed by atoms with Crippen LogP contribution in [0.5, 0.6) is 0 Å². The van der Waals surface area contributed by atoms with E-state index in [-0.39, 0.29) is 17.2 Å². The topological polar surface area (TPSA) is 46.3 Å². The van der Waals surface area contributed by atoms with Crippen LogP contribution in [0, 0.1) is 5.92 Å². The van der Waals surface area contributed by atoms with Crippen molar-refractivity contribution in [1.29, 1.82) is 0 Å². The Hall–Kier alpha value is -0.990.